The lowest BCUT2D eigenvalue weighted by Gasteiger charge is -2.41. The molecule has 208 valence electrons. The van der Waals surface area contributed by atoms with Crippen molar-refractivity contribution in [2.45, 2.75) is 37.8 Å². The maximum atomic E-state index is 15.5. The zero-order valence-corrected chi connectivity index (χ0v) is 22.6. The Kier molecular flexibility index (Phi) is 6.95. The molecule has 5 aromatic rings. The van der Waals surface area contributed by atoms with Gasteiger partial charge < -0.3 is 21.2 Å². The highest BCUT2D eigenvalue weighted by Gasteiger charge is 2.31. The van der Waals surface area contributed by atoms with E-state index in [9.17, 15) is 0 Å². The van der Waals surface area contributed by atoms with Gasteiger partial charge in [-0.3, -0.25) is 4.90 Å². The first-order valence-electron chi connectivity index (χ1n) is 13.6. The Morgan fingerprint density at radius 2 is 1.70 bits per heavy atom. The van der Waals surface area contributed by atoms with Gasteiger partial charge in [0.15, 0.2) is 11.2 Å². The smallest absolute Gasteiger partial charge is 0.230 e. The number of hydrogen-bond donors (Lipinski definition) is 2. The summed E-state index contributed by atoms with van der Waals surface area (Å²) in [5.74, 6) is 0.149. The van der Waals surface area contributed by atoms with Gasteiger partial charge in [-0.2, -0.15) is 5.10 Å². The summed E-state index contributed by atoms with van der Waals surface area (Å²) in [7, 11) is 2.19. The highest BCUT2D eigenvalue weighted by Crippen LogP contribution is 2.38. The number of nitrogen functional groups attached to an aromatic ring is 1. The second-order valence-corrected chi connectivity index (χ2v) is 10.7. The molecular formula is C29H34FN9O. The predicted molar refractivity (Wildman–Crippen MR) is 154 cm³/mol. The van der Waals surface area contributed by atoms with Crippen molar-refractivity contribution in [1.29, 1.82) is 0 Å². The maximum Gasteiger partial charge on any atom is 0.230 e. The lowest BCUT2D eigenvalue weighted by Crippen LogP contribution is -2.49. The molecule has 40 heavy (non-hydrogen) atoms. The number of oxazole rings is 1. The average Bonchev–Trinajstić information content (AvgIpc) is 3.56. The number of nitrogens with two attached hydrogens (primary N) is 1. The van der Waals surface area contributed by atoms with E-state index in [2.05, 4.69) is 31.8 Å². The van der Waals surface area contributed by atoms with Crippen molar-refractivity contribution in [3.63, 3.8) is 0 Å². The van der Waals surface area contributed by atoms with Crippen LogP contribution in [-0.2, 0) is 0 Å². The van der Waals surface area contributed by atoms with Gasteiger partial charge in [-0.1, -0.05) is 18.2 Å². The van der Waals surface area contributed by atoms with Crippen molar-refractivity contribution in [3.8, 4) is 22.7 Å². The first-order chi connectivity index (χ1) is 19.0. The summed E-state index contributed by atoms with van der Waals surface area (Å²) in [6.07, 6.45) is 5.76. The number of anilines is 1. The van der Waals surface area contributed by atoms with Gasteiger partial charge in [0.05, 0.1) is 17.0 Å². The third-order valence-electron chi connectivity index (χ3n) is 8.35. The molecule has 5 N–H and O–H groups in total. The van der Waals surface area contributed by atoms with Crippen LogP contribution >= 0.6 is 0 Å². The summed E-state index contributed by atoms with van der Waals surface area (Å²) < 4.78 is 23.2. The van der Waals surface area contributed by atoms with Crippen LogP contribution in [0, 0.1) is 5.82 Å². The van der Waals surface area contributed by atoms with Crippen molar-refractivity contribution < 1.29 is 8.81 Å². The van der Waals surface area contributed by atoms with Gasteiger partial charge in [0, 0.05) is 37.8 Å². The van der Waals surface area contributed by atoms with E-state index in [1.54, 1.807) is 6.07 Å². The van der Waals surface area contributed by atoms with Crippen molar-refractivity contribution >= 4 is 28.0 Å². The van der Waals surface area contributed by atoms with Crippen LogP contribution in [0.5, 0.6) is 0 Å². The first-order valence-corrected chi connectivity index (χ1v) is 13.6. The first kappa shape index (κ1) is 26.3. The van der Waals surface area contributed by atoms with Gasteiger partial charge in [0.1, 0.15) is 29.2 Å². The molecule has 11 heteroatoms. The fraction of sp³-hybridized carbons (Fsp3) is 0.379. The molecule has 2 aromatic carbocycles. The van der Waals surface area contributed by atoms with E-state index in [0.717, 1.165) is 51.9 Å². The van der Waals surface area contributed by atoms with E-state index < -0.39 is 5.82 Å². The highest BCUT2D eigenvalue weighted by molar-refractivity contribution is 5.98. The molecular weight excluding hydrogens is 509 g/mol. The third kappa shape index (κ3) is 4.59. The van der Waals surface area contributed by atoms with Gasteiger partial charge in [-0.05, 0) is 57.0 Å². The minimum absolute atomic E-state index is 0. The van der Waals surface area contributed by atoms with Gasteiger partial charge in [0.25, 0.3) is 0 Å². The van der Waals surface area contributed by atoms with Crippen LogP contribution in [0.15, 0.2) is 53.2 Å². The number of nitrogens with zero attached hydrogens (tertiary/aromatic N) is 7. The van der Waals surface area contributed by atoms with Crippen LogP contribution < -0.4 is 11.9 Å². The molecule has 0 amide bonds. The van der Waals surface area contributed by atoms with Gasteiger partial charge in [-0.15, -0.1) is 0 Å². The Bertz CT molecular complexity index is 1620. The molecule has 10 nitrogen and oxygen atoms in total. The maximum absolute atomic E-state index is 15.5. The lowest BCUT2D eigenvalue weighted by molar-refractivity contribution is 0.0815. The summed E-state index contributed by atoms with van der Waals surface area (Å²) in [6, 6.07) is 13.2. The number of halogens is 1. The largest absolute Gasteiger partial charge is 0.436 e. The SMILES string of the molecule is CN1CCN(C2CCC(n3nc(-c4ccc(-c5nc6ccccc6o5)c(F)c4)c4c(N)ncnc43)CC2)CC1.N. The molecule has 1 saturated carbocycles. The van der Waals surface area contributed by atoms with E-state index in [-0.39, 0.29) is 18.1 Å². The van der Waals surface area contributed by atoms with Crippen LogP contribution in [-0.4, -0.2) is 73.8 Å². The lowest BCUT2D eigenvalue weighted by atomic mass is 9.90. The van der Waals surface area contributed by atoms with E-state index >= 15 is 4.39 Å². The number of aromatic nitrogens is 5. The number of piperazine rings is 1. The number of hydrogen-bond acceptors (Lipinski definition) is 9. The predicted octanol–water partition coefficient (Wildman–Crippen LogP) is 4.92. The van der Waals surface area contributed by atoms with Crippen molar-refractivity contribution in [2.24, 2.45) is 0 Å². The van der Waals surface area contributed by atoms with Gasteiger partial charge >= 0.3 is 0 Å². The third-order valence-corrected chi connectivity index (χ3v) is 8.35. The molecule has 2 fully saturated rings. The molecule has 0 unspecified atom stereocenters. The Balaban J connectivity index is 0.00000289. The van der Waals surface area contributed by atoms with E-state index in [1.807, 2.05) is 35.0 Å². The Morgan fingerprint density at radius 3 is 2.45 bits per heavy atom. The fourth-order valence-corrected chi connectivity index (χ4v) is 6.13. The van der Waals surface area contributed by atoms with E-state index in [1.165, 1.54) is 12.4 Å². The van der Waals surface area contributed by atoms with E-state index in [4.69, 9.17) is 15.2 Å². The van der Waals surface area contributed by atoms with Crippen molar-refractivity contribution in [3.05, 3.63) is 54.6 Å². The number of fused-ring (bicyclic) bond motifs is 2. The molecule has 0 radical (unpaired) electrons. The van der Waals surface area contributed by atoms with E-state index in [0.29, 0.717) is 50.8 Å². The van der Waals surface area contributed by atoms with Gasteiger partial charge in [0.2, 0.25) is 5.89 Å². The minimum atomic E-state index is -0.440. The fourth-order valence-electron chi connectivity index (χ4n) is 6.13. The Labute approximate surface area is 231 Å². The van der Waals surface area contributed by atoms with Crippen LogP contribution in [0.25, 0.3) is 44.8 Å². The Morgan fingerprint density at radius 1 is 0.950 bits per heavy atom. The second kappa shape index (κ2) is 10.6. The second-order valence-electron chi connectivity index (χ2n) is 10.7. The molecule has 0 spiro atoms. The molecule has 7 rings (SSSR count). The monoisotopic (exact) mass is 543 g/mol. The topological polar surface area (TPSA) is 137 Å². The zero-order valence-electron chi connectivity index (χ0n) is 22.6. The minimum Gasteiger partial charge on any atom is -0.436 e. The summed E-state index contributed by atoms with van der Waals surface area (Å²) in [6.45, 7) is 4.53. The summed E-state index contributed by atoms with van der Waals surface area (Å²) >= 11 is 0. The molecule has 1 aliphatic carbocycles. The normalized spacial score (nSPS) is 20.6. The highest BCUT2D eigenvalue weighted by atomic mass is 19.1. The van der Waals surface area contributed by atoms with Crippen LogP contribution in [0.1, 0.15) is 31.7 Å². The van der Waals surface area contributed by atoms with Crippen molar-refractivity contribution in [1.82, 2.24) is 40.7 Å². The molecule has 4 heterocycles. The molecule has 1 saturated heterocycles. The number of likely N-dealkylation sites (N-methyl/N-ethyl adjacent to an activating group) is 1. The zero-order chi connectivity index (χ0) is 26.5. The van der Waals surface area contributed by atoms with Gasteiger partial charge in [-0.25, -0.2) is 24.0 Å². The van der Waals surface area contributed by atoms with Crippen LogP contribution in [0.2, 0.25) is 0 Å². The number of benzene rings is 2. The van der Waals surface area contributed by atoms with Crippen LogP contribution in [0.3, 0.4) is 0 Å². The average molecular weight is 544 g/mol. The summed E-state index contributed by atoms with van der Waals surface area (Å²) in [5, 5.41) is 5.64. The standard InChI is InChI=1S/C29H31FN8O.H3N/c1-36-12-14-37(15-13-36)19-7-9-20(10-8-19)38-28-25(27(31)32-17-33-28)26(35-38)18-6-11-21(22(30)16-18)29-34-23-4-2-3-5-24(23)39-29;/h2-6,11,16-17,19-20H,7-10,12-15H2,1H3,(H2,31,32,33);1H3. The number of para-hydroxylation sites is 2. The summed E-state index contributed by atoms with van der Waals surface area (Å²) in [5.41, 5.74) is 9.84. The molecule has 3 aromatic heterocycles. The summed E-state index contributed by atoms with van der Waals surface area (Å²) in [4.78, 5) is 18.3. The molecule has 0 bridgehead atoms. The number of rotatable bonds is 4. The quantitative estimate of drug-likeness (QED) is 0.324. The molecule has 0 atom stereocenters. The van der Waals surface area contributed by atoms with Crippen LogP contribution in [0.4, 0.5) is 10.2 Å². The van der Waals surface area contributed by atoms with Crippen molar-refractivity contribution in [2.75, 3.05) is 39.0 Å². The molecule has 2 aliphatic rings. The Hall–Kier alpha value is -3.93. The molecule has 1 aliphatic heterocycles.